The van der Waals surface area contributed by atoms with Gasteiger partial charge in [0.1, 0.15) is 5.94 Å². The zero-order valence-corrected chi connectivity index (χ0v) is 4.98. The van der Waals surface area contributed by atoms with Crippen molar-refractivity contribution in [3.05, 3.63) is 6.58 Å². The SMILES string of the molecule is C=C=O.CO.OB(O)O. The Balaban J connectivity index is -0.0000000646. The lowest BCUT2D eigenvalue weighted by atomic mass is 10.3. The van der Waals surface area contributed by atoms with Gasteiger partial charge in [0.05, 0.1) is 0 Å². The van der Waals surface area contributed by atoms with E-state index in [9.17, 15) is 0 Å². The maximum Gasteiger partial charge on any atom is 0.631 e. The molecular formula is C3H9BO5. The normalized spacial score (nSPS) is 4.56. The fraction of sp³-hybridized carbons (Fsp3) is 0.333. The Labute approximate surface area is 53.1 Å². The summed E-state index contributed by atoms with van der Waals surface area (Å²) in [6.45, 7) is 2.68. The average Bonchev–Trinajstić information content (AvgIpc) is 1.71. The largest absolute Gasteiger partial charge is 0.631 e. The highest BCUT2D eigenvalue weighted by Gasteiger charge is 1.92. The molecule has 0 saturated heterocycles. The number of carbonyl (C=O) groups excluding carboxylic acids is 1. The van der Waals surface area contributed by atoms with Gasteiger partial charge in [-0.15, -0.1) is 0 Å². The van der Waals surface area contributed by atoms with E-state index in [4.69, 9.17) is 25.0 Å². The van der Waals surface area contributed by atoms with Crippen LogP contribution in [-0.4, -0.2) is 40.6 Å². The van der Waals surface area contributed by atoms with E-state index in [1.807, 2.05) is 0 Å². The van der Waals surface area contributed by atoms with Gasteiger partial charge in [0.25, 0.3) is 0 Å². The Bertz CT molecular complexity index is 54.5. The van der Waals surface area contributed by atoms with Gasteiger partial charge in [-0.25, -0.2) is 4.79 Å². The topological polar surface area (TPSA) is 98.0 Å². The molecule has 0 bridgehead atoms. The van der Waals surface area contributed by atoms with E-state index in [0.717, 1.165) is 7.11 Å². The first kappa shape index (κ1) is 15.8. The first-order valence-corrected chi connectivity index (χ1v) is 1.78. The average molecular weight is 136 g/mol. The first-order valence-electron chi connectivity index (χ1n) is 1.78. The van der Waals surface area contributed by atoms with Crippen LogP contribution in [0.5, 0.6) is 0 Å². The van der Waals surface area contributed by atoms with Crippen molar-refractivity contribution >= 4 is 13.3 Å². The Morgan fingerprint density at radius 1 is 1.33 bits per heavy atom. The van der Waals surface area contributed by atoms with Gasteiger partial charge in [-0.3, -0.25) is 0 Å². The number of aliphatic hydroxyl groups excluding tert-OH is 1. The molecule has 0 saturated carbocycles. The van der Waals surface area contributed by atoms with Crippen LogP contribution < -0.4 is 0 Å². The van der Waals surface area contributed by atoms with Crippen LogP contribution in [-0.2, 0) is 4.79 Å². The van der Waals surface area contributed by atoms with E-state index in [1.165, 1.54) is 5.94 Å². The molecule has 4 N–H and O–H groups in total. The van der Waals surface area contributed by atoms with Gasteiger partial charge >= 0.3 is 7.32 Å². The molecule has 0 atom stereocenters. The third-order valence-electron chi connectivity index (χ3n) is 0. The molecule has 0 fully saturated rings. The van der Waals surface area contributed by atoms with Crippen molar-refractivity contribution in [1.82, 2.24) is 0 Å². The molecule has 0 aliphatic heterocycles. The lowest BCUT2D eigenvalue weighted by Crippen LogP contribution is -2.07. The van der Waals surface area contributed by atoms with Crippen LogP contribution in [0.4, 0.5) is 0 Å². The number of aliphatic hydroxyl groups is 1. The molecule has 0 rings (SSSR count). The molecule has 0 aromatic rings. The standard InChI is InChI=1S/C2H2O.CH4O.BH3O3/c1-2-3;1-2;2-1(3)4/h1H2;2H,1H3;2-4H. The van der Waals surface area contributed by atoms with Crippen molar-refractivity contribution in [2.75, 3.05) is 7.11 Å². The van der Waals surface area contributed by atoms with Crippen LogP contribution >= 0.6 is 0 Å². The van der Waals surface area contributed by atoms with E-state index in [2.05, 4.69) is 6.58 Å². The van der Waals surface area contributed by atoms with Crippen molar-refractivity contribution in [1.29, 1.82) is 0 Å². The van der Waals surface area contributed by atoms with Crippen molar-refractivity contribution in [3.63, 3.8) is 0 Å². The lowest BCUT2D eigenvalue weighted by Gasteiger charge is -1.69. The van der Waals surface area contributed by atoms with Crippen molar-refractivity contribution in [3.8, 4) is 0 Å². The minimum atomic E-state index is -2.17. The second kappa shape index (κ2) is 26.4. The number of hydrogen-bond acceptors (Lipinski definition) is 5. The highest BCUT2D eigenvalue weighted by atomic mass is 16.5. The molecule has 0 aromatic carbocycles. The molecule has 0 aromatic heterocycles. The molecule has 0 amide bonds. The minimum absolute atomic E-state index is 1.00. The number of rotatable bonds is 0. The summed E-state index contributed by atoms with van der Waals surface area (Å²) in [6, 6.07) is 0. The molecule has 6 heteroatoms. The maximum absolute atomic E-state index is 8.57. The van der Waals surface area contributed by atoms with Crippen LogP contribution in [0.1, 0.15) is 0 Å². The lowest BCUT2D eigenvalue weighted by molar-refractivity contribution is 0.278. The van der Waals surface area contributed by atoms with Crippen molar-refractivity contribution < 1.29 is 25.0 Å². The van der Waals surface area contributed by atoms with Crippen LogP contribution in [0.3, 0.4) is 0 Å². The molecule has 0 aliphatic carbocycles. The highest BCUT2D eigenvalue weighted by molar-refractivity contribution is 6.30. The maximum atomic E-state index is 8.57. The molecule has 5 nitrogen and oxygen atoms in total. The molecule has 54 valence electrons. The fourth-order valence-corrected chi connectivity index (χ4v) is 0. The summed E-state index contributed by atoms with van der Waals surface area (Å²) in [5, 5.41) is 28.5. The Kier molecular flexibility index (Phi) is 46.2. The van der Waals surface area contributed by atoms with Crippen molar-refractivity contribution in [2.24, 2.45) is 0 Å². The Morgan fingerprint density at radius 2 is 1.33 bits per heavy atom. The summed E-state index contributed by atoms with van der Waals surface area (Å²) in [6.07, 6.45) is 0. The summed E-state index contributed by atoms with van der Waals surface area (Å²) in [4.78, 5) is 8.57. The summed E-state index contributed by atoms with van der Waals surface area (Å²) >= 11 is 0. The van der Waals surface area contributed by atoms with Crippen LogP contribution in [0.2, 0.25) is 0 Å². The predicted octanol–water partition coefficient (Wildman–Crippen LogP) is -2.44. The molecule has 9 heavy (non-hydrogen) atoms. The van der Waals surface area contributed by atoms with Crippen LogP contribution in [0.15, 0.2) is 6.58 Å². The Hall–Kier alpha value is -0.645. The van der Waals surface area contributed by atoms with Crippen LogP contribution in [0, 0.1) is 0 Å². The smallest absolute Gasteiger partial charge is 0.402 e. The number of hydrogen-bond donors (Lipinski definition) is 4. The van der Waals surface area contributed by atoms with Gasteiger partial charge in [0.2, 0.25) is 0 Å². The monoisotopic (exact) mass is 136 g/mol. The molecular weight excluding hydrogens is 127 g/mol. The molecule has 0 aliphatic rings. The predicted molar refractivity (Wildman–Crippen MR) is 31.9 cm³/mol. The highest BCUT2D eigenvalue weighted by Crippen LogP contribution is 1.40. The third kappa shape index (κ3) is 507. The second-order valence-corrected chi connectivity index (χ2v) is 0.491. The van der Waals surface area contributed by atoms with Gasteiger partial charge in [0.15, 0.2) is 0 Å². The van der Waals surface area contributed by atoms with E-state index >= 15 is 0 Å². The fourth-order valence-electron chi connectivity index (χ4n) is 0. The summed E-state index contributed by atoms with van der Waals surface area (Å²) in [5.74, 6) is 1.25. The Morgan fingerprint density at radius 3 is 1.33 bits per heavy atom. The quantitative estimate of drug-likeness (QED) is 0.219. The summed E-state index contributed by atoms with van der Waals surface area (Å²) in [7, 11) is -1.17. The van der Waals surface area contributed by atoms with Gasteiger partial charge < -0.3 is 20.2 Å². The third-order valence-corrected chi connectivity index (χ3v) is 0. The minimum Gasteiger partial charge on any atom is -0.402 e. The summed E-state index contributed by atoms with van der Waals surface area (Å²) in [5.41, 5.74) is 0. The van der Waals surface area contributed by atoms with E-state index < -0.39 is 7.32 Å². The molecule has 0 spiro atoms. The van der Waals surface area contributed by atoms with Gasteiger partial charge in [-0.1, -0.05) is 0 Å². The first-order chi connectivity index (χ1) is 4.15. The van der Waals surface area contributed by atoms with E-state index in [-0.39, 0.29) is 0 Å². The molecule has 0 unspecified atom stereocenters. The van der Waals surface area contributed by atoms with Gasteiger partial charge in [-0.2, -0.15) is 0 Å². The van der Waals surface area contributed by atoms with Gasteiger partial charge in [-0.05, 0) is 6.58 Å². The second-order valence-electron chi connectivity index (χ2n) is 0.491. The van der Waals surface area contributed by atoms with Gasteiger partial charge in [0, 0.05) is 7.11 Å². The summed E-state index contributed by atoms with van der Waals surface area (Å²) < 4.78 is 0. The van der Waals surface area contributed by atoms with E-state index in [1.54, 1.807) is 0 Å². The zero-order valence-electron chi connectivity index (χ0n) is 4.98. The molecule has 0 radical (unpaired) electrons. The van der Waals surface area contributed by atoms with Crippen molar-refractivity contribution in [2.45, 2.75) is 0 Å². The molecule has 0 heterocycles. The van der Waals surface area contributed by atoms with Crippen LogP contribution in [0.25, 0.3) is 0 Å². The zero-order chi connectivity index (χ0) is 8.28. The van der Waals surface area contributed by atoms with E-state index in [0.29, 0.717) is 0 Å².